The van der Waals surface area contributed by atoms with Crippen LogP contribution >= 0.6 is 23.4 Å². The summed E-state index contributed by atoms with van der Waals surface area (Å²) < 4.78 is 0. The molecule has 1 N–H and O–H groups in total. The summed E-state index contributed by atoms with van der Waals surface area (Å²) in [6.45, 7) is 5.08. The number of Topliss-reactive ketones (excluding diaryl/α,β-unsaturated/α-hetero) is 1. The van der Waals surface area contributed by atoms with Gasteiger partial charge in [0.15, 0.2) is 11.0 Å². The first-order chi connectivity index (χ1) is 16.4. The van der Waals surface area contributed by atoms with Crippen LogP contribution in [0, 0.1) is 0 Å². The average Bonchev–Trinajstić information content (AvgIpc) is 3.44. The number of amidine groups is 1. The van der Waals surface area contributed by atoms with Crippen LogP contribution in [-0.4, -0.2) is 70.1 Å². The highest BCUT2D eigenvalue weighted by Gasteiger charge is 2.31. The highest BCUT2D eigenvalue weighted by molar-refractivity contribution is 8.18. The summed E-state index contributed by atoms with van der Waals surface area (Å²) >= 11 is 7.60. The van der Waals surface area contributed by atoms with Gasteiger partial charge in [-0.1, -0.05) is 23.7 Å². The van der Waals surface area contributed by atoms with Gasteiger partial charge in [-0.2, -0.15) is 10.1 Å². The molecule has 34 heavy (non-hydrogen) atoms. The number of hydrogen-bond acceptors (Lipinski definition) is 6. The minimum atomic E-state index is -0.237. The third kappa shape index (κ3) is 4.53. The molecule has 1 fully saturated rings. The topological polar surface area (TPSA) is 81.7 Å². The molecule has 9 heteroatoms. The average molecular weight is 494 g/mol. The van der Waals surface area contributed by atoms with Crippen molar-refractivity contribution >= 4 is 56.7 Å². The molecule has 0 bridgehead atoms. The number of H-pyrrole nitrogens is 1. The standard InChI is InChI=1S/C25H24ClN5O2S/c1-15(32)20-13-19(26)5-3-17(20)12-21(16-4-6-22-18(11-16)14-27-29-22)23-24(33)28-25(34-23)31-9-7-30(2)8-10-31/h3-6,11,13-14H,7-10,12H2,1-2H3,(H,27,29). The van der Waals surface area contributed by atoms with E-state index in [4.69, 9.17) is 11.6 Å². The molecule has 1 aromatic heterocycles. The van der Waals surface area contributed by atoms with Crippen molar-refractivity contribution in [1.82, 2.24) is 20.0 Å². The number of carbonyl (C=O) groups is 2. The van der Waals surface area contributed by atoms with Gasteiger partial charge in [0.2, 0.25) is 0 Å². The Bertz CT molecular complexity index is 1350. The normalized spacial score (nSPS) is 18.5. The van der Waals surface area contributed by atoms with Crippen LogP contribution in [0.4, 0.5) is 0 Å². The monoisotopic (exact) mass is 493 g/mol. The highest BCUT2D eigenvalue weighted by Crippen LogP contribution is 2.38. The van der Waals surface area contributed by atoms with E-state index in [0.717, 1.165) is 58.9 Å². The number of ketones is 1. The van der Waals surface area contributed by atoms with Crippen molar-refractivity contribution in [3.05, 3.63) is 69.2 Å². The Kier molecular flexibility index (Phi) is 6.29. The maximum Gasteiger partial charge on any atom is 0.286 e. The van der Waals surface area contributed by atoms with Crippen LogP contribution in [0.3, 0.4) is 0 Å². The lowest BCUT2D eigenvalue weighted by molar-refractivity contribution is -0.113. The number of likely N-dealkylation sites (N-methyl/N-ethyl adjacent to an activating group) is 1. The molecule has 0 aliphatic carbocycles. The van der Waals surface area contributed by atoms with Gasteiger partial charge in [-0.05, 0) is 66.7 Å². The molecule has 3 aromatic rings. The van der Waals surface area contributed by atoms with E-state index in [1.165, 1.54) is 18.7 Å². The maximum atomic E-state index is 13.2. The van der Waals surface area contributed by atoms with Gasteiger partial charge in [-0.15, -0.1) is 0 Å². The Morgan fingerprint density at radius 2 is 1.94 bits per heavy atom. The SMILES string of the molecule is CC(=O)c1cc(Cl)ccc1CC(=C1SC(N2CCN(C)CC2)=NC1=O)c1ccc2[nH]ncc2c1. The number of rotatable bonds is 4. The first-order valence-electron chi connectivity index (χ1n) is 11.1. The summed E-state index contributed by atoms with van der Waals surface area (Å²) in [4.78, 5) is 35.0. The lowest BCUT2D eigenvalue weighted by Gasteiger charge is -2.33. The number of hydrogen-bond donors (Lipinski definition) is 1. The van der Waals surface area contributed by atoms with E-state index in [-0.39, 0.29) is 11.7 Å². The molecule has 1 amide bonds. The fraction of sp³-hybridized carbons (Fsp3) is 0.280. The minimum Gasteiger partial charge on any atom is -0.348 e. The number of aromatic amines is 1. The van der Waals surface area contributed by atoms with Gasteiger partial charge in [-0.25, -0.2) is 0 Å². The zero-order valence-electron chi connectivity index (χ0n) is 19.0. The van der Waals surface area contributed by atoms with Gasteiger partial charge in [0.05, 0.1) is 16.6 Å². The summed E-state index contributed by atoms with van der Waals surface area (Å²) in [5.41, 5.74) is 4.06. The molecule has 0 saturated carbocycles. The number of halogens is 1. The molecule has 3 heterocycles. The van der Waals surface area contributed by atoms with Crippen molar-refractivity contribution in [1.29, 1.82) is 0 Å². The van der Waals surface area contributed by atoms with Gasteiger partial charge < -0.3 is 9.80 Å². The van der Waals surface area contributed by atoms with Gasteiger partial charge in [0, 0.05) is 48.6 Å². The number of piperazine rings is 1. The predicted molar refractivity (Wildman–Crippen MR) is 137 cm³/mol. The number of amides is 1. The van der Waals surface area contributed by atoms with Crippen LogP contribution < -0.4 is 0 Å². The van der Waals surface area contributed by atoms with Crippen LogP contribution in [0.1, 0.15) is 28.4 Å². The van der Waals surface area contributed by atoms with E-state index in [1.54, 1.807) is 18.3 Å². The Balaban J connectivity index is 1.57. The second-order valence-corrected chi connectivity index (χ2v) is 10.0. The number of allylic oxidation sites excluding steroid dienone is 1. The molecule has 2 aromatic carbocycles. The molecular formula is C25H24ClN5O2S. The predicted octanol–water partition coefficient (Wildman–Crippen LogP) is 4.25. The van der Waals surface area contributed by atoms with Crippen LogP contribution in [0.5, 0.6) is 0 Å². The fourth-order valence-corrected chi connectivity index (χ4v) is 5.53. The maximum absolute atomic E-state index is 13.2. The van der Waals surface area contributed by atoms with Crippen LogP contribution in [0.15, 0.2) is 52.5 Å². The van der Waals surface area contributed by atoms with E-state index in [0.29, 0.717) is 21.9 Å². The van der Waals surface area contributed by atoms with Crippen molar-refractivity contribution in [2.75, 3.05) is 33.2 Å². The number of nitrogens with one attached hydrogen (secondary N) is 1. The van der Waals surface area contributed by atoms with Crippen LogP contribution in [-0.2, 0) is 11.2 Å². The molecule has 2 aliphatic rings. The number of aromatic nitrogens is 2. The zero-order chi connectivity index (χ0) is 23.8. The number of thioether (sulfide) groups is 1. The van der Waals surface area contributed by atoms with E-state index in [9.17, 15) is 9.59 Å². The molecule has 0 atom stereocenters. The number of fused-ring (bicyclic) bond motifs is 1. The summed E-state index contributed by atoms with van der Waals surface area (Å²) in [6, 6.07) is 11.3. The molecule has 0 radical (unpaired) electrons. The van der Waals surface area contributed by atoms with Gasteiger partial charge >= 0.3 is 0 Å². The first kappa shape index (κ1) is 22.8. The van der Waals surface area contributed by atoms with Gasteiger partial charge in [-0.3, -0.25) is 14.7 Å². The third-order valence-electron chi connectivity index (χ3n) is 6.24. The molecule has 0 unspecified atom stereocenters. The minimum absolute atomic E-state index is 0.0630. The summed E-state index contributed by atoms with van der Waals surface area (Å²) in [7, 11) is 2.10. The van der Waals surface area contributed by atoms with Crippen molar-refractivity contribution in [2.45, 2.75) is 13.3 Å². The number of carbonyl (C=O) groups excluding carboxylic acids is 2. The molecule has 7 nitrogen and oxygen atoms in total. The largest absolute Gasteiger partial charge is 0.348 e. The van der Waals surface area contributed by atoms with E-state index in [1.807, 2.05) is 24.3 Å². The van der Waals surface area contributed by atoms with Crippen LogP contribution in [0.25, 0.3) is 16.5 Å². The summed E-state index contributed by atoms with van der Waals surface area (Å²) in [5, 5.41) is 9.30. The molecule has 174 valence electrons. The van der Waals surface area contributed by atoms with Crippen molar-refractivity contribution in [3.63, 3.8) is 0 Å². The third-order valence-corrected chi connectivity index (χ3v) is 7.63. The Labute approximate surface area is 206 Å². The van der Waals surface area contributed by atoms with E-state index in [2.05, 4.69) is 32.0 Å². The van der Waals surface area contributed by atoms with Crippen molar-refractivity contribution in [3.8, 4) is 0 Å². The Hall–Kier alpha value is -2.94. The number of nitrogens with zero attached hydrogens (tertiary/aromatic N) is 4. The Morgan fingerprint density at radius 1 is 1.15 bits per heavy atom. The lowest BCUT2D eigenvalue weighted by atomic mass is 9.93. The fourth-order valence-electron chi connectivity index (χ4n) is 4.28. The second kappa shape index (κ2) is 9.37. The molecule has 2 aliphatic heterocycles. The van der Waals surface area contributed by atoms with Gasteiger partial charge in [0.25, 0.3) is 5.91 Å². The smallest absolute Gasteiger partial charge is 0.286 e. The number of benzene rings is 2. The highest BCUT2D eigenvalue weighted by atomic mass is 35.5. The summed E-state index contributed by atoms with van der Waals surface area (Å²) in [5.74, 6) is -0.300. The van der Waals surface area contributed by atoms with Crippen molar-refractivity contribution < 1.29 is 9.59 Å². The zero-order valence-corrected chi connectivity index (χ0v) is 20.5. The van der Waals surface area contributed by atoms with Gasteiger partial charge in [0.1, 0.15) is 0 Å². The van der Waals surface area contributed by atoms with Crippen LogP contribution in [0.2, 0.25) is 5.02 Å². The first-order valence-corrected chi connectivity index (χ1v) is 12.3. The molecule has 0 spiro atoms. The second-order valence-electron chi connectivity index (χ2n) is 8.61. The Morgan fingerprint density at radius 3 is 2.71 bits per heavy atom. The molecule has 5 rings (SSSR count). The molecule has 1 saturated heterocycles. The lowest BCUT2D eigenvalue weighted by Crippen LogP contribution is -2.46. The molecular weight excluding hydrogens is 470 g/mol. The van der Waals surface area contributed by atoms with Crippen molar-refractivity contribution in [2.24, 2.45) is 4.99 Å². The van der Waals surface area contributed by atoms with E-state index < -0.39 is 0 Å². The number of aliphatic imine (C=N–C) groups is 1. The summed E-state index contributed by atoms with van der Waals surface area (Å²) in [6.07, 6.45) is 2.18. The van der Waals surface area contributed by atoms with E-state index >= 15 is 0 Å². The quantitative estimate of drug-likeness (QED) is 0.432.